The Labute approximate surface area is 352 Å². The Bertz CT molecular complexity index is 1490. The quantitative estimate of drug-likeness (QED) is 0.103. The predicted octanol–water partition coefficient (Wildman–Crippen LogP) is 18.9. The van der Waals surface area contributed by atoms with Crippen LogP contribution in [0.3, 0.4) is 0 Å². The summed E-state index contributed by atoms with van der Waals surface area (Å²) in [6, 6.07) is 10.9. The van der Waals surface area contributed by atoms with E-state index in [-0.39, 0.29) is 0 Å². The van der Waals surface area contributed by atoms with Crippen molar-refractivity contribution in [3.05, 3.63) is 79.9 Å². The van der Waals surface area contributed by atoms with Crippen molar-refractivity contribution in [2.45, 2.75) is 224 Å². The summed E-state index contributed by atoms with van der Waals surface area (Å²) >= 11 is -7.05. The molecule has 0 bridgehead atoms. The summed E-state index contributed by atoms with van der Waals surface area (Å²) in [6.07, 6.45) is 19.2. The zero-order valence-electron chi connectivity index (χ0n) is 39.3. The molecule has 0 fully saturated rings. The second-order valence-electron chi connectivity index (χ2n) is 20.2. The van der Waals surface area contributed by atoms with Crippen LogP contribution in [0.15, 0.2) is 35.4 Å². The maximum atomic E-state index is 3.06. The Hall–Kier alpha value is -0.340. The van der Waals surface area contributed by atoms with Crippen LogP contribution in [-0.2, 0) is 39.9 Å². The van der Waals surface area contributed by atoms with E-state index >= 15 is 0 Å². The molecule has 2 aliphatic carbocycles. The summed E-state index contributed by atoms with van der Waals surface area (Å²) in [6.45, 7) is 40.9. The van der Waals surface area contributed by atoms with Gasteiger partial charge < -0.3 is 0 Å². The van der Waals surface area contributed by atoms with E-state index in [1.165, 1.54) is 64.2 Å². The van der Waals surface area contributed by atoms with Crippen LogP contribution in [-0.4, -0.2) is 0 Å². The van der Waals surface area contributed by atoms with Crippen LogP contribution < -0.4 is 0 Å². The molecule has 0 heterocycles. The molecule has 0 spiro atoms. The Kier molecular flexibility index (Phi) is 17.5. The van der Waals surface area contributed by atoms with E-state index in [1.807, 2.05) is 22.3 Å². The molecule has 0 saturated heterocycles. The third-order valence-electron chi connectivity index (χ3n) is 15.4. The van der Waals surface area contributed by atoms with Crippen molar-refractivity contribution < 1.29 is 39.9 Å². The second-order valence-corrected chi connectivity index (χ2v) is 63.6. The van der Waals surface area contributed by atoms with Gasteiger partial charge in [-0.25, -0.2) is 0 Å². The summed E-state index contributed by atoms with van der Waals surface area (Å²) in [4.78, 5) is 0. The summed E-state index contributed by atoms with van der Waals surface area (Å²) in [5.41, 5.74) is 17.2. The van der Waals surface area contributed by atoms with Gasteiger partial charge in [-0.2, -0.15) is 0 Å². The van der Waals surface area contributed by atoms with Gasteiger partial charge in [-0.15, -0.1) is 0 Å². The van der Waals surface area contributed by atoms with Crippen molar-refractivity contribution in [1.82, 2.24) is 0 Å². The third kappa shape index (κ3) is 9.07. The fourth-order valence-electron chi connectivity index (χ4n) is 12.0. The monoisotopic (exact) mass is 1080 g/mol. The van der Waals surface area contributed by atoms with Crippen LogP contribution >= 0.6 is 0 Å². The van der Waals surface area contributed by atoms with Crippen molar-refractivity contribution in [2.24, 2.45) is 0 Å². The number of hydrogen-bond acceptors (Lipinski definition) is 0. The molecule has 0 N–H and O–H groups in total. The minimum atomic E-state index is -3.53. The van der Waals surface area contributed by atoms with Gasteiger partial charge >= 0.3 is 356 Å². The standard InChI is InChI=1S/2C17H23.4C4H9.C3H6.2Hf/c2*1-6-13-7-15-9-14(11(2)3)10-16(12(4)5)17(15)8-13;4*1-3-4-2;1-3-2;;/h2*7-12H,6H2,1-5H3;4*1,3-4H2,2H3;1-2H3;;. The molecule has 2 heteroatoms. The Morgan fingerprint density at radius 1 is 0.473 bits per heavy atom. The third-order valence-corrected chi connectivity index (χ3v) is 93.4. The number of benzene rings is 2. The van der Waals surface area contributed by atoms with Gasteiger partial charge in [0.1, 0.15) is 0 Å². The van der Waals surface area contributed by atoms with E-state index in [0.29, 0.717) is 24.6 Å². The van der Waals surface area contributed by atoms with E-state index in [1.54, 1.807) is 50.1 Å². The molecule has 0 saturated carbocycles. The molecule has 2 aromatic rings. The summed E-state index contributed by atoms with van der Waals surface area (Å²) in [5, 5.41) is 0. The van der Waals surface area contributed by atoms with Gasteiger partial charge in [0.25, 0.3) is 0 Å². The molecule has 2 aromatic carbocycles. The van der Waals surface area contributed by atoms with E-state index in [9.17, 15) is 0 Å². The molecule has 0 aromatic heterocycles. The fraction of sp³-hybridized carbons (Fsp3) is 0.698. The average Bonchev–Trinajstić information content (AvgIpc) is 3.73. The van der Waals surface area contributed by atoms with Crippen LogP contribution in [0.5, 0.6) is 0 Å². The molecule has 55 heavy (non-hydrogen) atoms. The summed E-state index contributed by atoms with van der Waals surface area (Å²) in [7, 11) is 0. The van der Waals surface area contributed by atoms with Crippen molar-refractivity contribution in [3.8, 4) is 0 Å². The SMILES string of the molecule is CCC[CH2][Hf]([CH2]CCC)([CH]1C(CC)=Cc2c(C(C)C)cc(C(C)C)cc21)[C](C)(C)[Hf]([CH2]CCC)([CH2]CCC)[CH]1C(CC)=Cc2c(C(C)C)cc(C(C)C)cc21. The van der Waals surface area contributed by atoms with Crippen LogP contribution in [0.2, 0.25) is 17.6 Å². The maximum absolute atomic E-state index is 3.53. The zero-order valence-corrected chi connectivity index (χ0v) is 46.5. The Balaban J connectivity index is 2.22. The Morgan fingerprint density at radius 2 is 0.782 bits per heavy atom. The molecule has 0 amide bonds. The number of fused-ring (bicyclic) bond motifs is 2. The van der Waals surface area contributed by atoms with Crippen molar-refractivity contribution in [2.75, 3.05) is 0 Å². The Morgan fingerprint density at radius 3 is 1.02 bits per heavy atom. The van der Waals surface area contributed by atoms with Gasteiger partial charge in [0.05, 0.1) is 0 Å². The van der Waals surface area contributed by atoms with Crippen LogP contribution in [0, 0.1) is 0 Å². The number of unbranched alkanes of at least 4 members (excludes halogenated alkanes) is 4. The minimum absolute atomic E-state index is 0.507. The first-order chi connectivity index (χ1) is 26.1. The van der Waals surface area contributed by atoms with Gasteiger partial charge in [-0.05, 0) is 0 Å². The molecule has 0 nitrogen and oxygen atoms in total. The van der Waals surface area contributed by atoms with Crippen molar-refractivity contribution >= 4 is 12.2 Å². The molecule has 2 aliphatic rings. The molecule has 0 radical (unpaired) electrons. The fourth-order valence-corrected chi connectivity index (χ4v) is 115. The summed E-state index contributed by atoms with van der Waals surface area (Å²) < 4.78 is 8.35. The number of hydrogen-bond donors (Lipinski definition) is 0. The van der Waals surface area contributed by atoms with Gasteiger partial charge in [-0.1, -0.05) is 0 Å². The van der Waals surface area contributed by atoms with Crippen LogP contribution in [0.1, 0.15) is 251 Å². The molecule has 2 unspecified atom stereocenters. The van der Waals surface area contributed by atoms with E-state index in [0.717, 1.165) is 7.35 Å². The average molecular weight is 1080 g/mol. The molecular formula is C53H88Hf2. The summed E-state index contributed by atoms with van der Waals surface area (Å²) in [5.74, 6) is 2.23. The molecule has 308 valence electrons. The van der Waals surface area contributed by atoms with Gasteiger partial charge in [-0.3, -0.25) is 0 Å². The molecule has 4 rings (SSSR count). The second kappa shape index (κ2) is 20.3. The van der Waals surface area contributed by atoms with Gasteiger partial charge in [0.2, 0.25) is 0 Å². The molecule has 0 aliphatic heterocycles. The number of rotatable bonds is 22. The van der Waals surface area contributed by atoms with E-state index in [4.69, 9.17) is 0 Å². The van der Waals surface area contributed by atoms with Gasteiger partial charge in [0.15, 0.2) is 0 Å². The molecular weight excluding hydrogens is 994 g/mol. The van der Waals surface area contributed by atoms with Crippen LogP contribution in [0.4, 0.5) is 0 Å². The zero-order chi connectivity index (χ0) is 40.9. The first kappa shape index (κ1) is 47.3. The molecule has 2 atom stereocenters. The first-order valence-electron chi connectivity index (χ1n) is 23.8. The topological polar surface area (TPSA) is 0 Å². The van der Waals surface area contributed by atoms with E-state index < -0.39 is 39.9 Å². The van der Waals surface area contributed by atoms with Crippen molar-refractivity contribution in [1.29, 1.82) is 0 Å². The first-order valence-corrected chi connectivity index (χ1v) is 41.7. The van der Waals surface area contributed by atoms with Gasteiger partial charge in [0, 0.05) is 0 Å². The normalized spacial score (nSPS) is 17.5. The predicted molar refractivity (Wildman–Crippen MR) is 244 cm³/mol. The van der Waals surface area contributed by atoms with E-state index in [2.05, 4.69) is 147 Å². The van der Waals surface area contributed by atoms with Crippen LogP contribution in [0.25, 0.3) is 12.2 Å². The van der Waals surface area contributed by atoms with Crippen molar-refractivity contribution in [3.63, 3.8) is 0 Å². The number of allylic oxidation sites excluding steroid dienone is 2.